The molecule has 5 amide bonds. The van der Waals surface area contributed by atoms with Gasteiger partial charge >= 0.3 is 6.03 Å². The lowest BCUT2D eigenvalue weighted by atomic mass is 10.0. The highest BCUT2D eigenvalue weighted by molar-refractivity contribution is 6.68. The first kappa shape index (κ1) is 40.6. The third-order valence-corrected chi connectivity index (χ3v) is 11.9. The SMILES string of the molecule is CC(/N=C(Nc1ccc(N2CCN(CC3CCN(c4ccc(NC5CCC(=O)NC5=O)cn4)C3)CC2)c(F)c1)\C(=N/N)C(N)=O)N1CCC[C@@H](N2CCN(C)C2=O)C1. The maximum absolute atomic E-state index is 15.8. The zero-order valence-corrected chi connectivity index (χ0v) is 33.3. The zero-order valence-electron chi connectivity index (χ0n) is 33.3. The van der Waals surface area contributed by atoms with Crippen molar-refractivity contribution in [3.63, 3.8) is 0 Å². The molecule has 3 unspecified atom stereocenters. The summed E-state index contributed by atoms with van der Waals surface area (Å²) in [6, 6.07) is 8.37. The van der Waals surface area contributed by atoms with E-state index in [0.29, 0.717) is 62.9 Å². The van der Waals surface area contributed by atoms with E-state index in [9.17, 15) is 19.2 Å². The number of rotatable bonds is 12. The molecule has 2 aromatic rings. The number of amidine groups is 1. The van der Waals surface area contributed by atoms with Crippen molar-refractivity contribution < 1.29 is 23.6 Å². The van der Waals surface area contributed by atoms with Gasteiger partial charge in [0.2, 0.25) is 11.8 Å². The second-order valence-electron chi connectivity index (χ2n) is 15.9. The van der Waals surface area contributed by atoms with Crippen molar-refractivity contribution in [1.82, 2.24) is 29.9 Å². The first-order chi connectivity index (χ1) is 27.9. The van der Waals surface area contributed by atoms with Crippen molar-refractivity contribution in [1.29, 1.82) is 0 Å². The molecule has 5 saturated heterocycles. The quantitative estimate of drug-likeness (QED) is 0.0666. The van der Waals surface area contributed by atoms with Gasteiger partial charge in [0.25, 0.3) is 5.91 Å². The number of halogens is 1. The lowest BCUT2D eigenvalue weighted by Gasteiger charge is -2.39. The number of hydrogen-bond acceptors (Lipinski definition) is 13. The molecule has 6 heterocycles. The van der Waals surface area contributed by atoms with E-state index in [2.05, 4.69) is 40.7 Å². The molecule has 18 nitrogen and oxygen atoms in total. The summed E-state index contributed by atoms with van der Waals surface area (Å²) in [7, 11) is 1.81. The third-order valence-electron chi connectivity index (χ3n) is 11.9. The number of likely N-dealkylation sites (N-methyl/N-ethyl adjacent to an activating group) is 1. The minimum absolute atomic E-state index is 0.0304. The Bertz CT molecular complexity index is 1900. The van der Waals surface area contributed by atoms with Crippen LogP contribution in [0.3, 0.4) is 0 Å². The highest BCUT2D eigenvalue weighted by Gasteiger charge is 2.36. The van der Waals surface area contributed by atoms with Gasteiger partial charge in [0, 0.05) is 97.2 Å². The number of hydrogen-bond donors (Lipinski definition) is 5. The number of piperidine rings is 2. The number of primary amides is 1. The van der Waals surface area contributed by atoms with Crippen molar-refractivity contribution >= 4 is 58.2 Å². The number of aromatic nitrogens is 1. The number of urea groups is 1. The summed E-state index contributed by atoms with van der Waals surface area (Å²) in [4.78, 5) is 70.5. The molecule has 5 aliphatic heterocycles. The Hall–Kier alpha value is -5.56. The predicted octanol–water partition coefficient (Wildman–Crippen LogP) is 0.875. The van der Waals surface area contributed by atoms with Crippen molar-refractivity contribution in [2.24, 2.45) is 27.6 Å². The molecule has 0 bridgehead atoms. The Morgan fingerprint density at radius 2 is 1.78 bits per heavy atom. The number of imide groups is 1. The van der Waals surface area contributed by atoms with Gasteiger partial charge in [0.15, 0.2) is 11.5 Å². The number of anilines is 4. The molecule has 5 aliphatic rings. The lowest BCUT2D eigenvalue weighted by Crippen LogP contribution is -2.51. The Morgan fingerprint density at radius 3 is 2.45 bits per heavy atom. The largest absolute Gasteiger partial charge is 0.372 e. The number of nitrogens with zero attached hydrogens (tertiary/aromatic N) is 9. The Morgan fingerprint density at radius 1 is 0.983 bits per heavy atom. The van der Waals surface area contributed by atoms with Crippen molar-refractivity contribution in [2.75, 3.05) is 99.5 Å². The highest BCUT2D eigenvalue weighted by Crippen LogP contribution is 2.28. The van der Waals surface area contributed by atoms with Gasteiger partial charge in [-0.05, 0) is 68.9 Å². The van der Waals surface area contributed by atoms with Crippen LogP contribution in [0.1, 0.15) is 39.0 Å². The predicted molar refractivity (Wildman–Crippen MR) is 220 cm³/mol. The van der Waals surface area contributed by atoms with Gasteiger partial charge in [-0.3, -0.25) is 29.5 Å². The smallest absolute Gasteiger partial charge is 0.320 e. The van der Waals surface area contributed by atoms with Crippen LogP contribution >= 0.6 is 0 Å². The van der Waals surface area contributed by atoms with Crippen molar-refractivity contribution in [3.05, 3.63) is 42.3 Å². The minimum Gasteiger partial charge on any atom is -0.372 e. The van der Waals surface area contributed by atoms with Crippen molar-refractivity contribution in [2.45, 2.75) is 57.3 Å². The van der Waals surface area contributed by atoms with Crippen LogP contribution in [-0.2, 0) is 14.4 Å². The maximum Gasteiger partial charge on any atom is 0.320 e. The maximum atomic E-state index is 15.8. The number of nitrogens with two attached hydrogens (primary N) is 2. The van der Waals surface area contributed by atoms with E-state index in [1.54, 1.807) is 23.2 Å². The molecule has 58 heavy (non-hydrogen) atoms. The fourth-order valence-electron chi connectivity index (χ4n) is 8.64. The molecule has 7 N–H and O–H groups in total. The number of likely N-dealkylation sites (tertiary alicyclic amines) is 1. The number of aliphatic imine (C=N–C) groups is 1. The average molecular weight is 803 g/mol. The van der Waals surface area contributed by atoms with Gasteiger partial charge in [-0.2, -0.15) is 5.10 Å². The second-order valence-corrected chi connectivity index (χ2v) is 15.9. The van der Waals surface area contributed by atoms with E-state index >= 15 is 4.39 Å². The average Bonchev–Trinajstić information content (AvgIpc) is 3.82. The van der Waals surface area contributed by atoms with Crippen LogP contribution in [0.25, 0.3) is 0 Å². The number of nitrogens with one attached hydrogen (secondary N) is 3. The molecule has 0 spiro atoms. The summed E-state index contributed by atoms with van der Waals surface area (Å²) < 4.78 is 15.8. The topological polar surface area (TPSA) is 213 Å². The molecule has 312 valence electrons. The lowest BCUT2D eigenvalue weighted by molar-refractivity contribution is -0.133. The molecule has 5 fully saturated rings. The molecule has 1 aromatic heterocycles. The van der Waals surface area contributed by atoms with Crippen LogP contribution < -0.4 is 37.3 Å². The molecular formula is C39H55FN14O4. The Labute approximate surface area is 337 Å². The summed E-state index contributed by atoms with van der Waals surface area (Å²) in [5, 5.41) is 12.2. The van der Waals surface area contributed by atoms with Gasteiger partial charge < -0.3 is 41.8 Å². The fraction of sp³-hybridized carbons (Fsp3) is 0.564. The highest BCUT2D eigenvalue weighted by atomic mass is 19.1. The van der Waals surface area contributed by atoms with Crippen LogP contribution in [0.15, 0.2) is 46.6 Å². The van der Waals surface area contributed by atoms with E-state index in [-0.39, 0.29) is 35.4 Å². The molecule has 19 heteroatoms. The van der Waals surface area contributed by atoms with Crippen LogP contribution in [0.4, 0.5) is 32.1 Å². The number of carbonyl (C=O) groups excluding carboxylic acids is 4. The van der Waals surface area contributed by atoms with Crippen LogP contribution in [0.5, 0.6) is 0 Å². The number of carbonyl (C=O) groups is 4. The van der Waals surface area contributed by atoms with Crippen molar-refractivity contribution in [3.8, 4) is 0 Å². The Kier molecular flexibility index (Phi) is 12.6. The van der Waals surface area contributed by atoms with E-state index in [0.717, 1.165) is 70.0 Å². The van der Waals surface area contributed by atoms with E-state index in [1.165, 1.54) is 6.07 Å². The van der Waals surface area contributed by atoms with Gasteiger partial charge in [0.05, 0.1) is 17.6 Å². The summed E-state index contributed by atoms with van der Waals surface area (Å²) in [5.41, 5.74) is 6.99. The summed E-state index contributed by atoms with van der Waals surface area (Å²) in [6.07, 6.45) is 4.93. The number of amides is 5. The number of piperazine rings is 1. The van der Waals surface area contributed by atoms with E-state index in [4.69, 9.17) is 16.6 Å². The van der Waals surface area contributed by atoms with E-state index < -0.39 is 23.9 Å². The zero-order chi connectivity index (χ0) is 40.9. The van der Waals surface area contributed by atoms with Gasteiger partial charge in [-0.1, -0.05) is 0 Å². The number of pyridine rings is 1. The minimum atomic E-state index is -0.865. The molecule has 0 saturated carbocycles. The molecular weight excluding hydrogens is 748 g/mol. The van der Waals surface area contributed by atoms with Gasteiger partial charge in [-0.15, -0.1) is 0 Å². The molecule has 1 aromatic carbocycles. The molecule has 4 atom stereocenters. The summed E-state index contributed by atoms with van der Waals surface area (Å²) in [6.45, 7) is 10.4. The van der Waals surface area contributed by atoms with Crippen LogP contribution in [0.2, 0.25) is 0 Å². The standard InChI is InChI=1S/C39H55FN14O4/c1-25(52-12-3-4-29(24-52)54-19-14-49(2)39(54)58)44-37(35(48-42)36(41)56)46-27-5-8-32(30(40)20-27)51-17-15-50(16-18-51)22-26-11-13-53(23-26)33-9-6-28(21-43-33)45-31-7-10-34(55)47-38(31)57/h5-6,8-9,20-21,25-26,29,31,45H,3-4,7,10-19,22-24,42H2,1-2H3,(H2,41,56)(H,44,46)(H,47,55,57)/b48-35-/t25?,26?,29-,31?/m1/s1. The van der Waals surface area contributed by atoms with E-state index in [1.807, 2.05) is 35.9 Å². The number of hydrazone groups is 1. The van der Waals surface area contributed by atoms with Crippen LogP contribution in [0, 0.1) is 11.7 Å². The summed E-state index contributed by atoms with van der Waals surface area (Å²) in [5.74, 6) is 5.18. The second kappa shape index (κ2) is 17.9. The summed E-state index contributed by atoms with van der Waals surface area (Å²) >= 11 is 0. The monoisotopic (exact) mass is 802 g/mol. The first-order valence-electron chi connectivity index (χ1n) is 20.2. The third kappa shape index (κ3) is 9.41. The van der Waals surface area contributed by atoms with Gasteiger partial charge in [-0.25, -0.2) is 19.2 Å². The fourth-order valence-corrected chi connectivity index (χ4v) is 8.64. The molecule has 7 rings (SSSR count). The van der Waals surface area contributed by atoms with Crippen LogP contribution in [-0.4, -0.2) is 157 Å². The first-order valence-corrected chi connectivity index (χ1v) is 20.2. The molecule has 0 aliphatic carbocycles. The normalized spacial score (nSPS) is 24.7. The molecule has 0 radical (unpaired) electrons. The van der Waals surface area contributed by atoms with Gasteiger partial charge in [0.1, 0.15) is 23.8 Å². The number of benzene rings is 1. The Balaban J connectivity index is 0.905.